The first-order valence-corrected chi connectivity index (χ1v) is 13.0. The van der Waals surface area contributed by atoms with Crippen LogP contribution in [0.15, 0.2) is 0 Å². The van der Waals surface area contributed by atoms with E-state index < -0.39 is 16.9 Å². The Kier molecular flexibility index (Phi) is 8.01. The van der Waals surface area contributed by atoms with Crippen LogP contribution in [0.5, 0.6) is 0 Å². The van der Waals surface area contributed by atoms with Gasteiger partial charge >= 0.3 is 8.56 Å². The molecule has 1 N–H and O–H groups in total. The number of aliphatic hydroxyl groups excluding tert-OH is 1. The van der Waals surface area contributed by atoms with Crippen molar-refractivity contribution in [2.75, 3.05) is 19.8 Å². The summed E-state index contributed by atoms with van der Waals surface area (Å²) in [5, 5.41) is 8.63. The van der Waals surface area contributed by atoms with Crippen molar-refractivity contribution < 1.29 is 18.4 Å². The second kappa shape index (κ2) is 7.90. The Balaban J connectivity index is 4.12. The predicted octanol–water partition coefficient (Wildman–Crippen LogP) is 3.12. The first kappa shape index (κ1) is 19.3. The molecule has 0 amide bonds. The van der Waals surface area contributed by atoms with E-state index in [1.165, 1.54) is 0 Å². The van der Waals surface area contributed by atoms with Crippen molar-refractivity contribution in [2.45, 2.75) is 65.0 Å². The molecule has 6 heteroatoms. The highest BCUT2D eigenvalue weighted by molar-refractivity contribution is 6.82. The van der Waals surface area contributed by atoms with E-state index in [4.69, 9.17) is 18.4 Å². The van der Waals surface area contributed by atoms with Crippen molar-refractivity contribution in [3.63, 3.8) is 0 Å². The molecule has 0 spiro atoms. The van der Waals surface area contributed by atoms with Gasteiger partial charge in [-0.25, -0.2) is 0 Å². The maximum absolute atomic E-state index is 8.63. The number of hydrogen-bond donors (Lipinski definition) is 1. The summed E-state index contributed by atoms with van der Waals surface area (Å²) in [6, 6.07) is 1.06. The Bertz CT molecular complexity index is 250. The van der Waals surface area contributed by atoms with Gasteiger partial charge in [0.2, 0.25) is 0 Å². The fraction of sp³-hybridized carbons (Fsp3) is 1.00. The fourth-order valence-electron chi connectivity index (χ4n) is 2.24. The van der Waals surface area contributed by atoms with E-state index >= 15 is 0 Å². The van der Waals surface area contributed by atoms with Crippen LogP contribution in [0, 0.1) is 0 Å². The Morgan fingerprint density at radius 1 is 1.00 bits per heavy atom. The standard InChI is InChI=1S/C13H32O4Si2/c1-13(2,3)16-19(6,7)17-18(4,5)12-8-10-15-11-9-14/h14H,8-12H2,1-7H3. The van der Waals surface area contributed by atoms with Crippen LogP contribution < -0.4 is 0 Å². The van der Waals surface area contributed by atoms with Crippen molar-refractivity contribution in [1.29, 1.82) is 0 Å². The molecule has 0 saturated heterocycles. The van der Waals surface area contributed by atoms with Crippen LogP contribution >= 0.6 is 0 Å². The van der Waals surface area contributed by atoms with Crippen LogP contribution in [0.2, 0.25) is 32.2 Å². The second-order valence-electron chi connectivity index (χ2n) is 6.92. The molecule has 0 bridgehead atoms. The van der Waals surface area contributed by atoms with Crippen LogP contribution in [0.3, 0.4) is 0 Å². The zero-order chi connectivity index (χ0) is 15.2. The summed E-state index contributed by atoms with van der Waals surface area (Å²) < 4.78 is 17.7. The minimum Gasteiger partial charge on any atom is -0.436 e. The summed E-state index contributed by atoms with van der Waals surface area (Å²) >= 11 is 0. The van der Waals surface area contributed by atoms with E-state index in [1.807, 2.05) is 0 Å². The third kappa shape index (κ3) is 11.8. The maximum Gasteiger partial charge on any atom is 0.321 e. The van der Waals surface area contributed by atoms with Crippen LogP contribution in [0.25, 0.3) is 0 Å². The SMILES string of the molecule is CC(C)(C)O[Si](C)(C)O[Si](C)(C)CCCOCCO. The van der Waals surface area contributed by atoms with Gasteiger partial charge in [-0.3, -0.25) is 0 Å². The smallest absolute Gasteiger partial charge is 0.321 e. The van der Waals surface area contributed by atoms with E-state index in [2.05, 4.69) is 47.0 Å². The molecule has 0 radical (unpaired) electrons. The molecule has 4 nitrogen and oxygen atoms in total. The van der Waals surface area contributed by atoms with E-state index in [1.54, 1.807) is 0 Å². The fourth-order valence-corrected chi connectivity index (χ4v) is 10.6. The van der Waals surface area contributed by atoms with E-state index in [0.29, 0.717) is 13.2 Å². The van der Waals surface area contributed by atoms with Gasteiger partial charge < -0.3 is 18.4 Å². The third-order valence-electron chi connectivity index (χ3n) is 2.38. The lowest BCUT2D eigenvalue weighted by molar-refractivity contribution is 0.0890. The molecule has 0 aliphatic heterocycles. The summed E-state index contributed by atoms with van der Waals surface area (Å²) in [5.41, 5.74) is -0.148. The summed E-state index contributed by atoms with van der Waals surface area (Å²) in [6.07, 6.45) is 0.985. The van der Waals surface area contributed by atoms with Gasteiger partial charge in [-0.1, -0.05) is 0 Å². The molecular formula is C13H32O4Si2. The lowest BCUT2D eigenvalue weighted by Gasteiger charge is -2.37. The topological polar surface area (TPSA) is 47.9 Å². The molecule has 0 saturated carbocycles. The highest BCUT2D eigenvalue weighted by Gasteiger charge is 2.37. The van der Waals surface area contributed by atoms with Gasteiger partial charge in [-0.05, 0) is 59.4 Å². The highest BCUT2D eigenvalue weighted by Crippen LogP contribution is 2.24. The molecule has 0 aromatic carbocycles. The van der Waals surface area contributed by atoms with Gasteiger partial charge in [0, 0.05) is 6.61 Å². The monoisotopic (exact) mass is 308 g/mol. The van der Waals surface area contributed by atoms with Gasteiger partial charge in [0.15, 0.2) is 8.32 Å². The zero-order valence-corrected chi connectivity index (χ0v) is 15.7. The number of hydrogen-bond acceptors (Lipinski definition) is 4. The lowest BCUT2D eigenvalue weighted by atomic mass is 10.2. The Morgan fingerprint density at radius 2 is 1.58 bits per heavy atom. The average Bonchev–Trinajstić information content (AvgIpc) is 2.10. The largest absolute Gasteiger partial charge is 0.436 e. The van der Waals surface area contributed by atoms with Gasteiger partial charge in [-0.2, -0.15) is 0 Å². The van der Waals surface area contributed by atoms with E-state index in [9.17, 15) is 0 Å². The Hall–Kier alpha value is 0.274. The zero-order valence-electron chi connectivity index (χ0n) is 13.7. The van der Waals surface area contributed by atoms with Gasteiger partial charge in [-0.15, -0.1) is 0 Å². The van der Waals surface area contributed by atoms with Crippen LogP contribution in [0.1, 0.15) is 27.2 Å². The van der Waals surface area contributed by atoms with Crippen molar-refractivity contribution in [1.82, 2.24) is 0 Å². The first-order chi connectivity index (χ1) is 8.47. The lowest BCUT2D eigenvalue weighted by Crippen LogP contribution is -2.50. The van der Waals surface area contributed by atoms with Gasteiger partial charge in [0.1, 0.15) is 0 Å². The van der Waals surface area contributed by atoms with E-state index in [0.717, 1.165) is 12.5 Å². The summed E-state index contributed by atoms with van der Waals surface area (Å²) in [5.74, 6) is 0. The quantitative estimate of drug-likeness (QED) is 0.525. The number of ether oxygens (including phenoxy) is 1. The Morgan fingerprint density at radius 3 is 2.05 bits per heavy atom. The normalized spacial score (nSPS) is 13.9. The molecule has 0 heterocycles. The first-order valence-electron chi connectivity index (χ1n) is 7.06. The minimum atomic E-state index is -2.07. The van der Waals surface area contributed by atoms with Crippen molar-refractivity contribution in [3.05, 3.63) is 0 Å². The van der Waals surface area contributed by atoms with Crippen molar-refractivity contribution in [2.24, 2.45) is 0 Å². The van der Waals surface area contributed by atoms with E-state index in [-0.39, 0.29) is 12.2 Å². The number of aliphatic hydroxyl groups is 1. The molecule has 0 aliphatic carbocycles. The molecule has 0 unspecified atom stereocenters. The summed E-state index contributed by atoms with van der Waals surface area (Å²) in [4.78, 5) is 0. The number of rotatable bonds is 9. The highest BCUT2D eigenvalue weighted by atomic mass is 28.4. The van der Waals surface area contributed by atoms with Crippen LogP contribution in [0.4, 0.5) is 0 Å². The third-order valence-corrected chi connectivity index (χ3v) is 9.22. The molecule has 0 aliphatic rings. The molecule has 0 fully saturated rings. The van der Waals surface area contributed by atoms with Crippen LogP contribution in [-0.2, 0) is 13.3 Å². The molecule has 0 aromatic rings. The summed E-state index contributed by atoms with van der Waals surface area (Å²) in [7, 11) is -3.77. The molecule has 0 atom stereocenters. The van der Waals surface area contributed by atoms with Gasteiger partial charge in [0.05, 0.1) is 18.8 Å². The van der Waals surface area contributed by atoms with Crippen molar-refractivity contribution in [3.8, 4) is 0 Å². The molecule has 116 valence electrons. The average molecular weight is 309 g/mol. The molecule has 0 rings (SSSR count). The van der Waals surface area contributed by atoms with Crippen molar-refractivity contribution >= 4 is 16.9 Å². The second-order valence-corrected chi connectivity index (χ2v) is 14.8. The molecular weight excluding hydrogens is 276 g/mol. The summed E-state index contributed by atoms with van der Waals surface area (Å²) in [6.45, 7) is 16.1. The molecule has 19 heavy (non-hydrogen) atoms. The Labute approximate surface area is 120 Å². The van der Waals surface area contributed by atoms with Crippen LogP contribution in [-0.4, -0.2) is 47.4 Å². The predicted molar refractivity (Wildman–Crippen MR) is 84.2 cm³/mol. The maximum atomic E-state index is 8.63. The molecule has 0 aromatic heterocycles. The van der Waals surface area contributed by atoms with Gasteiger partial charge in [0.25, 0.3) is 0 Å². The minimum absolute atomic E-state index is 0.0939.